The number of benzene rings is 1. The second kappa shape index (κ2) is 5.77. The summed E-state index contributed by atoms with van der Waals surface area (Å²) in [6.45, 7) is 1.80. The molecule has 7 heteroatoms. The van der Waals surface area contributed by atoms with Crippen LogP contribution in [0.15, 0.2) is 27.6 Å². The van der Waals surface area contributed by atoms with Gasteiger partial charge >= 0.3 is 11.5 Å². The predicted octanol–water partition coefficient (Wildman–Crippen LogP) is 4.24. The quantitative estimate of drug-likeness (QED) is 0.613. The summed E-state index contributed by atoms with van der Waals surface area (Å²) in [7, 11) is 0. The smallest absolute Gasteiger partial charge is 0.446 e. The van der Waals surface area contributed by atoms with Crippen LogP contribution in [0.4, 0.5) is 13.2 Å². The maximum absolute atomic E-state index is 12.2. The SMILES string of the molecule is CCOC(=O)c1cc(Br)cc(SC(F)(F)F)c1. The van der Waals surface area contributed by atoms with Gasteiger partial charge < -0.3 is 4.74 Å². The van der Waals surface area contributed by atoms with Gasteiger partial charge in [0.05, 0.1) is 12.2 Å². The van der Waals surface area contributed by atoms with Crippen molar-refractivity contribution in [3.63, 3.8) is 0 Å². The van der Waals surface area contributed by atoms with Gasteiger partial charge in [0.2, 0.25) is 0 Å². The number of thioether (sulfide) groups is 1. The maximum Gasteiger partial charge on any atom is 0.446 e. The minimum Gasteiger partial charge on any atom is -0.462 e. The molecule has 0 saturated carbocycles. The number of hydrogen-bond donors (Lipinski definition) is 0. The minimum absolute atomic E-state index is 0.0603. The Kier molecular flexibility index (Phi) is 4.88. The number of esters is 1. The molecule has 0 N–H and O–H groups in total. The zero-order valence-electron chi connectivity index (χ0n) is 8.68. The molecule has 0 amide bonds. The summed E-state index contributed by atoms with van der Waals surface area (Å²) in [5.41, 5.74) is -4.29. The Bertz CT molecular complexity index is 421. The molecule has 1 aromatic carbocycles. The maximum atomic E-state index is 12.2. The summed E-state index contributed by atoms with van der Waals surface area (Å²) in [4.78, 5) is 11.3. The Labute approximate surface area is 109 Å². The number of carbonyl (C=O) groups is 1. The molecule has 0 atom stereocenters. The van der Waals surface area contributed by atoms with Crippen LogP contribution in [0, 0.1) is 0 Å². The number of halogens is 4. The van der Waals surface area contributed by atoms with Crippen LogP contribution in [0.25, 0.3) is 0 Å². The molecule has 0 aromatic heterocycles. The average Bonchev–Trinajstić information content (AvgIpc) is 2.14. The third-order valence-electron chi connectivity index (χ3n) is 1.62. The van der Waals surface area contributed by atoms with Gasteiger partial charge in [0.25, 0.3) is 0 Å². The van der Waals surface area contributed by atoms with Crippen LogP contribution in [-0.2, 0) is 4.74 Å². The van der Waals surface area contributed by atoms with Crippen LogP contribution in [0.2, 0.25) is 0 Å². The van der Waals surface area contributed by atoms with E-state index in [0.717, 1.165) is 6.07 Å². The second-order valence-electron chi connectivity index (χ2n) is 2.94. The van der Waals surface area contributed by atoms with E-state index >= 15 is 0 Å². The van der Waals surface area contributed by atoms with Crippen LogP contribution in [0.3, 0.4) is 0 Å². The third kappa shape index (κ3) is 4.99. The van der Waals surface area contributed by atoms with E-state index in [1.807, 2.05) is 0 Å². The van der Waals surface area contributed by atoms with E-state index in [2.05, 4.69) is 15.9 Å². The van der Waals surface area contributed by atoms with E-state index in [1.165, 1.54) is 12.1 Å². The first-order valence-electron chi connectivity index (χ1n) is 4.55. The van der Waals surface area contributed by atoms with Crippen molar-refractivity contribution in [2.24, 2.45) is 0 Å². The first-order valence-corrected chi connectivity index (χ1v) is 6.16. The van der Waals surface area contributed by atoms with E-state index in [0.29, 0.717) is 4.47 Å². The molecule has 0 unspecified atom stereocenters. The van der Waals surface area contributed by atoms with E-state index < -0.39 is 11.5 Å². The van der Waals surface area contributed by atoms with Crippen molar-refractivity contribution >= 4 is 33.7 Å². The molecule has 0 aliphatic rings. The van der Waals surface area contributed by atoms with Crippen molar-refractivity contribution in [1.82, 2.24) is 0 Å². The fraction of sp³-hybridized carbons (Fsp3) is 0.300. The third-order valence-corrected chi connectivity index (χ3v) is 2.78. The van der Waals surface area contributed by atoms with Crippen molar-refractivity contribution < 1.29 is 22.7 Å². The highest BCUT2D eigenvalue weighted by atomic mass is 79.9. The molecule has 17 heavy (non-hydrogen) atoms. The molecule has 0 heterocycles. The van der Waals surface area contributed by atoms with Crippen molar-refractivity contribution in [2.75, 3.05) is 6.61 Å². The van der Waals surface area contributed by atoms with Gasteiger partial charge in [-0.1, -0.05) is 15.9 Å². The van der Waals surface area contributed by atoms with Crippen LogP contribution in [0.1, 0.15) is 17.3 Å². The van der Waals surface area contributed by atoms with Gasteiger partial charge in [0, 0.05) is 9.37 Å². The lowest BCUT2D eigenvalue weighted by Crippen LogP contribution is -2.05. The number of alkyl halides is 3. The van der Waals surface area contributed by atoms with Crippen molar-refractivity contribution in [3.8, 4) is 0 Å². The first kappa shape index (κ1) is 14.4. The van der Waals surface area contributed by atoms with Gasteiger partial charge in [-0.05, 0) is 36.9 Å². The van der Waals surface area contributed by atoms with Gasteiger partial charge in [0.15, 0.2) is 0 Å². The largest absolute Gasteiger partial charge is 0.462 e. The highest BCUT2D eigenvalue weighted by molar-refractivity contribution is 9.10. The molecule has 1 aromatic rings. The fourth-order valence-corrected chi connectivity index (χ4v) is 2.37. The molecule has 0 radical (unpaired) electrons. The summed E-state index contributed by atoms with van der Waals surface area (Å²) in [6, 6.07) is 3.86. The van der Waals surface area contributed by atoms with E-state index in [9.17, 15) is 18.0 Å². The van der Waals surface area contributed by atoms with Crippen LogP contribution in [0.5, 0.6) is 0 Å². The van der Waals surface area contributed by atoms with Gasteiger partial charge in [0.1, 0.15) is 0 Å². The number of ether oxygens (including phenoxy) is 1. The standard InChI is InChI=1S/C10H8BrF3O2S/c1-2-16-9(15)6-3-7(11)5-8(4-6)17-10(12,13)14/h3-5H,2H2,1H3. The molecule has 0 spiro atoms. The highest BCUT2D eigenvalue weighted by Crippen LogP contribution is 2.38. The van der Waals surface area contributed by atoms with E-state index in [-0.39, 0.29) is 28.8 Å². The summed E-state index contributed by atoms with van der Waals surface area (Å²) in [5, 5.41) is 0. The summed E-state index contributed by atoms with van der Waals surface area (Å²) < 4.78 is 41.7. The van der Waals surface area contributed by atoms with Crippen molar-refractivity contribution in [3.05, 3.63) is 28.2 Å². The molecule has 94 valence electrons. The minimum atomic E-state index is -4.38. The Hall–Kier alpha value is -0.690. The van der Waals surface area contributed by atoms with Gasteiger partial charge in [-0.3, -0.25) is 0 Å². The number of rotatable bonds is 3. The van der Waals surface area contributed by atoms with Gasteiger partial charge in [-0.2, -0.15) is 13.2 Å². The lowest BCUT2D eigenvalue weighted by molar-refractivity contribution is -0.0328. The zero-order chi connectivity index (χ0) is 13.1. The normalized spacial score (nSPS) is 11.4. The zero-order valence-corrected chi connectivity index (χ0v) is 11.1. The average molecular weight is 329 g/mol. The number of carbonyl (C=O) groups excluding carboxylic acids is 1. The predicted molar refractivity (Wildman–Crippen MR) is 62.0 cm³/mol. The molecular weight excluding hydrogens is 321 g/mol. The Morgan fingerprint density at radius 2 is 2.06 bits per heavy atom. The van der Waals surface area contributed by atoms with E-state index in [1.54, 1.807) is 6.92 Å². The van der Waals surface area contributed by atoms with Crippen LogP contribution < -0.4 is 0 Å². The molecular formula is C10H8BrF3O2S. The van der Waals surface area contributed by atoms with Crippen molar-refractivity contribution in [2.45, 2.75) is 17.3 Å². The summed E-state index contributed by atoms with van der Waals surface area (Å²) in [6.07, 6.45) is 0. The Morgan fingerprint density at radius 3 is 2.59 bits per heavy atom. The Balaban J connectivity index is 2.98. The monoisotopic (exact) mass is 328 g/mol. The van der Waals surface area contributed by atoms with E-state index in [4.69, 9.17) is 4.74 Å². The lowest BCUT2D eigenvalue weighted by atomic mass is 10.2. The topological polar surface area (TPSA) is 26.3 Å². The highest BCUT2D eigenvalue weighted by Gasteiger charge is 2.29. The summed E-state index contributed by atoms with van der Waals surface area (Å²) in [5.74, 6) is -0.641. The molecule has 0 saturated heterocycles. The second-order valence-corrected chi connectivity index (χ2v) is 5.00. The molecule has 0 fully saturated rings. The molecule has 1 rings (SSSR count). The van der Waals surface area contributed by atoms with Crippen LogP contribution >= 0.6 is 27.7 Å². The molecule has 0 aliphatic carbocycles. The Morgan fingerprint density at radius 1 is 1.41 bits per heavy atom. The molecule has 0 bridgehead atoms. The fourth-order valence-electron chi connectivity index (χ4n) is 1.09. The number of hydrogen-bond acceptors (Lipinski definition) is 3. The lowest BCUT2D eigenvalue weighted by Gasteiger charge is -2.08. The molecule has 2 nitrogen and oxygen atoms in total. The summed E-state index contributed by atoms with van der Waals surface area (Å²) >= 11 is 2.78. The van der Waals surface area contributed by atoms with Gasteiger partial charge in [-0.25, -0.2) is 4.79 Å². The van der Waals surface area contributed by atoms with Gasteiger partial charge in [-0.15, -0.1) is 0 Å². The first-order chi connectivity index (χ1) is 7.81. The van der Waals surface area contributed by atoms with Crippen molar-refractivity contribution in [1.29, 1.82) is 0 Å². The molecule has 0 aliphatic heterocycles. The van der Waals surface area contributed by atoms with Crippen LogP contribution in [-0.4, -0.2) is 18.1 Å².